The van der Waals surface area contributed by atoms with E-state index >= 15 is 0 Å². The first-order valence-corrected chi connectivity index (χ1v) is 17.2. The van der Waals surface area contributed by atoms with Gasteiger partial charge in [-0.15, -0.1) is 11.8 Å². The van der Waals surface area contributed by atoms with Crippen LogP contribution in [0.1, 0.15) is 63.2 Å². The van der Waals surface area contributed by atoms with Gasteiger partial charge in [0.05, 0.1) is 41.9 Å². The predicted molar refractivity (Wildman–Crippen MR) is 178 cm³/mol. The quantitative estimate of drug-likeness (QED) is 0.0633. The van der Waals surface area contributed by atoms with Gasteiger partial charge in [0, 0.05) is 37.4 Å². The van der Waals surface area contributed by atoms with E-state index in [-0.39, 0.29) is 110 Å². The third-order valence-electron chi connectivity index (χ3n) is 8.02. The fraction of sp³-hybridized carbons (Fsp3) is 0.441. The largest absolute Gasteiger partial charge is 0.491 e. The highest BCUT2D eigenvalue weighted by atomic mass is 35.5. The third-order valence-corrected chi connectivity index (χ3v) is 9.16. The van der Waals surface area contributed by atoms with Gasteiger partial charge in [-0.05, 0) is 49.4 Å². The maximum absolute atomic E-state index is 13.1. The van der Waals surface area contributed by atoms with Gasteiger partial charge in [-0.3, -0.25) is 38.9 Å². The summed E-state index contributed by atoms with van der Waals surface area (Å²) in [6.45, 7) is 1.20. The minimum absolute atomic E-state index is 0.0485. The van der Waals surface area contributed by atoms with Crippen LogP contribution in [0.25, 0.3) is 0 Å². The molecule has 0 radical (unpaired) electrons. The highest BCUT2D eigenvalue weighted by Crippen LogP contribution is 2.39. The van der Waals surface area contributed by atoms with Crippen molar-refractivity contribution < 1.29 is 52.5 Å². The number of piperidine rings is 1. The minimum Gasteiger partial charge on any atom is -0.491 e. The maximum Gasteiger partial charge on any atom is 0.255 e. The van der Waals surface area contributed by atoms with Gasteiger partial charge in [0.25, 0.3) is 5.91 Å². The number of hydrogen-bond donors (Lipinski definition) is 1. The lowest BCUT2D eigenvalue weighted by molar-refractivity contribution is -0.137. The Labute approximate surface area is 292 Å². The average Bonchev–Trinajstić information content (AvgIpc) is 3.08. The molecule has 2 aliphatic rings. The van der Waals surface area contributed by atoms with Crippen LogP contribution in [0.2, 0.25) is 5.02 Å². The van der Waals surface area contributed by atoms with Crippen molar-refractivity contribution in [2.75, 3.05) is 52.9 Å². The molecule has 4 rings (SSSR count). The standard InChI is InChI=1S/C34H37ClN2O11S/c1-37(24-9-11-28(41)36-33(24)43)34(44)22-7-6-21(18-20(22)19-38)47-16-14-45-12-13-46-15-17-48-32-27(49-2)10-8-23(30(32)35)31(42)29-25(39)4-3-5-26(29)40/h6-8,10,18-19,24,29H,3-5,9,11-17H2,1-2H3,(H,36,41,43). The Morgan fingerprint density at radius 1 is 0.918 bits per heavy atom. The van der Waals surface area contributed by atoms with Crippen molar-refractivity contribution in [1.82, 2.24) is 10.2 Å². The fourth-order valence-electron chi connectivity index (χ4n) is 5.43. The molecule has 3 amide bonds. The average molecular weight is 717 g/mol. The molecule has 1 N–H and O–H groups in total. The summed E-state index contributed by atoms with van der Waals surface area (Å²) in [5, 5.41) is 2.26. The van der Waals surface area contributed by atoms with Crippen LogP contribution < -0.4 is 14.8 Å². The third kappa shape index (κ3) is 9.53. The highest BCUT2D eigenvalue weighted by molar-refractivity contribution is 7.98. The van der Waals surface area contributed by atoms with Gasteiger partial charge in [-0.2, -0.15) is 0 Å². The molecule has 1 aliphatic heterocycles. The van der Waals surface area contributed by atoms with Gasteiger partial charge in [0.2, 0.25) is 11.8 Å². The first-order chi connectivity index (χ1) is 23.6. The minimum atomic E-state index is -1.32. The molecule has 1 saturated heterocycles. The molecule has 1 aliphatic carbocycles. The second-order valence-electron chi connectivity index (χ2n) is 11.2. The number of amides is 3. The Bertz CT molecular complexity index is 1600. The van der Waals surface area contributed by atoms with E-state index < -0.39 is 29.6 Å². The van der Waals surface area contributed by atoms with Crippen LogP contribution in [0, 0.1) is 5.92 Å². The number of imide groups is 1. The van der Waals surface area contributed by atoms with Gasteiger partial charge >= 0.3 is 0 Å². The van der Waals surface area contributed by atoms with Crippen molar-refractivity contribution in [3.63, 3.8) is 0 Å². The van der Waals surface area contributed by atoms with Gasteiger partial charge in [-0.25, -0.2) is 0 Å². The van der Waals surface area contributed by atoms with Crippen molar-refractivity contribution in [1.29, 1.82) is 0 Å². The molecular formula is C34H37ClN2O11S. The van der Waals surface area contributed by atoms with Crippen LogP contribution in [-0.4, -0.2) is 105 Å². The summed E-state index contributed by atoms with van der Waals surface area (Å²) >= 11 is 7.91. The number of Topliss-reactive ketones (excluding diaryl/α,β-unsaturated/α-hetero) is 3. The summed E-state index contributed by atoms with van der Waals surface area (Å²) in [4.78, 5) is 87.9. The second-order valence-corrected chi connectivity index (χ2v) is 12.4. The van der Waals surface area contributed by atoms with Crippen LogP contribution in [-0.2, 0) is 28.7 Å². The summed E-state index contributed by atoms with van der Waals surface area (Å²) < 4.78 is 22.6. The zero-order valence-corrected chi connectivity index (χ0v) is 28.7. The molecule has 0 aromatic heterocycles. The Kier molecular flexibility index (Phi) is 13.9. The van der Waals surface area contributed by atoms with E-state index in [4.69, 9.17) is 30.5 Å². The summed E-state index contributed by atoms with van der Waals surface area (Å²) in [6.07, 6.45) is 3.51. The normalized spacial score (nSPS) is 16.7. The van der Waals surface area contributed by atoms with E-state index in [1.165, 1.54) is 48.0 Å². The maximum atomic E-state index is 13.1. The number of carbonyl (C=O) groups excluding carboxylic acids is 7. The van der Waals surface area contributed by atoms with Gasteiger partial charge < -0.3 is 23.8 Å². The number of halogens is 1. The van der Waals surface area contributed by atoms with Crippen LogP contribution in [0.15, 0.2) is 35.2 Å². The van der Waals surface area contributed by atoms with E-state index in [0.717, 1.165) is 0 Å². The Hall–Kier alpha value is -4.11. The number of likely N-dealkylation sites (N-methyl/N-ethyl adjacent to an activating group) is 1. The molecule has 2 aromatic carbocycles. The number of rotatable bonds is 17. The van der Waals surface area contributed by atoms with Gasteiger partial charge in [0.15, 0.2) is 29.4 Å². The molecule has 0 bridgehead atoms. The first-order valence-electron chi connectivity index (χ1n) is 15.6. The van der Waals surface area contributed by atoms with E-state index in [1.54, 1.807) is 6.07 Å². The lowest BCUT2D eigenvalue weighted by atomic mass is 9.81. The number of nitrogens with zero attached hydrogens (tertiary/aromatic N) is 1. The zero-order valence-electron chi connectivity index (χ0n) is 27.1. The summed E-state index contributed by atoms with van der Waals surface area (Å²) in [7, 11) is 1.45. The Balaban J connectivity index is 1.17. The molecule has 1 saturated carbocycles. The van der Waals surface area contributed by atoms with Crippen molar-refractivity contribution in [2.45, 2.75) is 43.0 Å². The number of carbonyl (C=O) groups is 7. The summed E-state index contributed by atoms with van der Waals surface area (Å²) in [5.41, 5.74) is 0.271. The van der Waals surface area contributed by atoms with Gasteiger partial charge in [0.1, 0.15) is 30.9 Å². The highest BCUT2D eigenvalue weighted by Gasteiger charge is 2.38. The van der Waals surface area contributed by atoms with Gasteiger partial charge in [-0.1, -0.05) is 11.6 Å². The molecule has 0 spiro atoms. The Morgan fingerprint density at radius 2 is 1.55 bits per heavy atom. The number of ether oxygens (including phenoxy) is 4. The first kappa shape index (κ1) is 37.7. The van der Waals surface area contributed by atoms with Crippen LogP contribution in [0.5, 0.6) is 11.5 Å². The Morgan fingerprint density at radius 3 is 2.18 bits per heavy atom. The van der Waals surface area contributed by atoms with E-state index in [1.807, 2.05) is 6.26 Å². The monoisotopic (exact) mass is 716 g/mol. The SMILES string of the molecule is CSc1ccc(C(=O)C2C(=O)CCCC2=O)c(Cl)c1OCCOCCOCCOc1ccc(C(=O)N(C)C2CCC(=O)NC2=O)c(C=O)c1. The molecule has 1 atom stereocenters. The zero-order chi connectivity index (χ0) is 35.5. The summed E-state index contributed by atoms with van der Waals surface area (Å²) in [6, 6.07) is 6.78. The lowest BCUT2D eigenvalue weighted by Crippen LogP contribution is -2.53. The molecule has 13 nitrogen and oxygen atoms in total. The number of hydrogen-bond acceptors (Lipinski definition) is 12. The smallest absolute Gasteiger partial charge is 0.255 e. The fourth-order valence-corrected chi connectivity index (χ4v) is 6.35. The topological polar surface area (TPSA) is 172 Å². The number of benzene rings is 2. The molecule has 49 heavy (non-hydrogen) atoms. The number of ketones is 3. The lowest BCUT2D eigenvalue weighted by Gasteiger charge is -2.30. The molecule has 262 valence electrons. The van der Waals surface area contributed by atoms with Crippen LogP contribution in [0.4, 0.5) is 0 Å². The predicted octanol–water partition coefficient (Wildman–Crippen LogP) is 3.36. The second kappa shape index (κ2) is 18.0. The molecule has 1 unspecified atom stereocenters. The van der Waals surface area contributed by atoms with E-state index in [2.05, 4.69) is 5.32 Å². The van der Waals surface area contributed by atoms with Crippen molar-refractivity contribution in [2.24, 2.45) is 5.92 Å². The number of thioether (sulfide) groups is 1. The van der Waals surface area contributed by atoms with Crippen LogP contribution in [0.3, 0.4) is 0 Å². The molecular weight excluding hydrogens is 680 g/mol. The van der Waals surface area contributed by atoms with Crippen molar-refractivity contribution in [3.8, 4) is 11.5 Å². The van der Waals surface area contributed by atoms with E-state index in [9.17, 15) is 33.6 Å². The van der Waals surface area contributed by atoms with E-state index in [0.29, 0.717) is 23.4 Å². The van der Waals surface area contributed by atoms with Crippen molar-refractivity contribution in [3.05, 3.63) is 52.0 Å². The molecule has 2 fully saturated rings. The van der Waals surface area contributed by atoms with Crippen LogP contribution >= 0.6 is 23.4 Å². The summed E-state index contributed by atoms with van der Waals surface area (Å²) in [5.74, 6) is -3.54. The van der Waals surface area contributed by atoms with Crippen molar-refractivity contribution >= 4 is 64.7 Å². The molecule has 1 heterocycles. The number of aldehydes is 1. The number of nitrogens with one attached hydrogen (secondary N) is 1. The molecule has 2 aromatic rings. The molecule has 15 heteroatoms.